The summed E-state index contributed by atoms with van der Waals surface area (Å²) in [4.78, 5) is 0. The Morgan fingerprint density at radius 3 is 2.81 bits per heavy atom. The standard InChI is InChI=1S/C12H19NO3/c1-3-16-7-6-13-9-10-4-5-12(15-2)11(14)8-10/h4-5,8,13-14H,3,6-7,9H2,1-2H3. The Morgan fingerprint density at radius 2 is 2.19 bits per heavy atom. The van der Waals surface area contributed by atoms with E-state index >= 15 is 0 Å². The molecule has 0 heterocycles. The third-order valence-corrected chi connectivity index (χ3v) is 2.20. The van der Waals surface area contributed by atoms with Crippen LogP contribution in [0, 0.1) is 0 Å². The van der Waals surface area contributed by atoms with E-state index in [1.807, 2.05) is 13.0 Å². The molecule has 0 atom stereocenters. The maximum Gasteiger partial charge on any atom is 0.160 e. The Bertz CT molecular complexity index is 315. The summed E-state index contributed by atoms with van der Waals surface area (Å²) in [7, 11) is 1.54. The van der Waals surface area contributed by atoms with Crippen LogP contribution in [-0.2, 0) is 11.3 Å². The second-order valence-electron chi connectivity index (χ2n) is 3.38. The molecular weight excluding hydrogens is 206 g/mol. The van der Waals surface area contributed by atoms with Gasteiger partial charge in [0.2, 0.25) is 0 Å². The minimum Gasteiger partial charge on any atom is -0.504 e. The molecule has 0 unspecified atom stereocenters. The minimum absolute atomic E-state index is 0.173. The van der Waals surface area contributed by atoms with Crippen molar-refractivity contribution in [3.63, 3.8) is 0 Å². The van der Waals surface area contributed by atoms with Crippen molar-refractivity contribution in [1.82, 2.24) is 5.32 Å². The molecule has 2 N–H and O–H groups in total. The number of rotatable bonds is 7. The SMILES string of the molecule is CCOCCNCc1ccc(OC)c(O)c1. The highest BCUT2D eigenvalue weighted by atomic mass is 16.5. The molecule has 4 nitrogen and oxygen atoms in total. The molecule has 0 aliphatic heterocycles. The predicted molar refractivity (Wildman–Crippen MR) is 62.9 cm³/mol. The van der Waals surface area contributed by atoms with E-state index in [1.54, 1.807) is 12.1 Å². The van der Waals surface area contributed by atoms with Crippen LogP contribution >= 0.6 is 0 Å². The average molecular weight is 225 g/mol. The van der Waals surface area contributed by atoms with Crippen LogP contribution in [0.5, 0.6) is 11.5 Å². The molecule has 0 saturated heterocycles. The Hall–Kier alpha value is -1.26. The molecular formula is C12H19NO3. The maximum absolute atomic E-state index is 9.55. The predicted octanol–water partition coefficient (Wildman–Crippen LogP) is 1.53. The number of hydrogen-bond donors (Lipinski definition) is 2. The van der Waals surface area contributed by atoms with Gasteiger partial charge >= 0.3 is 0 Å². The zero-order chi connectivity index (χ0) is 11.8. The second-order valence-corrected chi connectivity index (χ2v) is 3.38. The van der Waals surface area contributed by atoms with Crippen LogP contribution in [0.15, 0.2) is 18.2 Å². The number of aromatic hydroxyl groups is 1. The average Bonchev–Trinajstić information content (AvgIpc) is 2.29. The lowest BCUT2D eigenvalue weighted by Gasteiger charge is -2.07. The van der Waals surface area contributed by atoms with Crippen LogP contribution in [-0.4, -0.2) is 32.0 Å². The van der Waals surface area contributed by atoms with Gasteiger partial charge in [-0.1, -0.05) is 6.07 Å². The first-order valence-electron chi connectivity index (χ1n) is 5.42. The summed E-state index contributed by atoms with van der Waals surface area (Å²) in [5.74, 6) is 0.671. The van der Waals surface area contributed by atoms with Gasteiger partial charge in [0.25, 0.3) is 0 Å². The molecule has 0 aliphatic carbocycles. The first-order valence-corrected chi connectivity index (χ1v) is 5.42. The second kappa shape index (κ2) is 7.09. The topological polar surface area (TPSA) is 50.7 Å². The molecule has 1 rings (SSSR count). The Morgan fingerprint density at radius 1 is 1.38 bits per heavy atom. The quantitative estimate of drug-likeness (QED) is 0.691. The van der Waals surface area contributed by atoms with Gasteiger partial charge in [-0.15, -0.1) is 0 Å². The van der Waals surface area contributed by atoms with Gasteiger partial charge in [-0.2, -0.15) is 0 Å². The summed E-state index contributed by atoms with van der Waals surface area (Å²) in [6.45, 7) is 4.94. The van der Waals surface area contributed by atoms with Crippen LogP contribution in [0.4, 0.5) is 0 Å². The first kappa shape index (κ1) is 12.8. The molecule has 0 fully saturated rings. The van der Waals surface area contributed by atoms with E-state index in [9.17, 15) is 5.11 Å². The Labute approximate surface area is 96.2 Å². The number of hydrogen-bond acceptors (Lipinski definition) is 4. The molecule has 90 valence electrons. The minimum atomic E-state index is 0.173. The lowest BCUT2D eigenvalue weighted by molar-refractivity contribution is 0.149. The lowest BCUT2D eigenvalue weighted by Crippen LogP contribution is -2.19. The van der Waals surface area contributed by atoms with E-state index in [-0.39, 0.29) is 5.75 Å². The van der Waals surface area contributed by atoms with E-state index in [4.69, 9.17) is 9.47 Å². The van der Waals surface area contributed by atoms with Crippen LogP contribution < -0.4 is 10.1 Å². The highest BCUT2D eigenvalue weighted by Gasteiger charge is 2.01. The monoisotopic (exact) mass is 225 g/mol. The number of nitrogens with one attached hydrogen (secondary N) is 1. The molecule has 16 heavy (non-hydrogen) atoms. The van der Waals surface area contributed by atoms with Crippen molar-refractivity contribution in [2.24, 2.45) is 0 Å². The van der Waals surface area contributed by atoms with Gasteiger partial charge in [-0.25, -0.2) is 0 Å². The van der Waals surface area contributed by atoms with Crippen molar-refractivity contribution in [2.45, 2.75) is 13.5 Å². The Kier molecular flexibility index (Phi) is 5.67. The number of ether oxygens (including phenoxy) is 2. The van der Waals surface area contributed by atoms with Crippen molar-refractivity contribution in [1.29, 1.82) is 0 Å². The number of methoxy groups -OCH3 is 1. The molecule has 0 aliphatic rings. The zero-order valence-corrected chi connectivity index (χ0v) is 9.82. The summed E-state index contributed by atoms with van der Waals surface area (Å²) in [6.07, 6.45) is 0. The molecule has 0 saturated carbocycles. The molecule has 0 aromatic heterocycles. The van der Waals surface area contributed by atoms with Crippen LogP contribution in [0.25, 0.3) is 0 Å². The van der Waals surface area contributed by atoms with Gasteiger partial charge in [0.15, 0.2) is 11.5 Å². The van der Waals surface area contributed by atoms with E-state index < -0.39 is 0 Å². The van der Waals surface area contributed by atoms with E-state index in [2.05, 4.69) is 5.32 Å². The van der Waals surface area contributed by atoms with Crippen molar-refractivity contribution in [2.75, 3.05) is 26.9 Å². The van der Waals surface area contributed by atoms with Crippen molar-refractivity contribution >= 4 is 0 Å². The summed E-state index contributed by atoms with van der Waals surface area (Å²) in [5, 5.41) is 12.8. The Balaban J connectivity index is 2.34. The summed E-state index contributed by atoms with van der Waals surface area (Å²) in [5.41, 5.74) is 1.02. The van der Waals surface area contributed by atoms with Crippen molar-refractivity contribution in [3.8, 4) is 11.5 Å². The molecule has 4 heteroatoms. The van der Waals surface area contributed by atoms with E-state index in [1.165, 1.54) is 7.11 Å². The smallest absolute Gasteiger partial charge is 0.160 e. The van der Waals surface area contributed by atoms with Gasteiger partial charge in [0.1, 0.15) is 0 Å². The number of phenols is 1. The van der Waals surface area contributed by atoms with Gasteiger partial charge in [0, 0.05) is 19.7 Å². The van der Waals surface area contributed by atoms with Crippen molar-refractivity contribution in [3.05, 3.63) is 23.8 Å². The summed E-state index contributed by atoms with van der Waals surface area (Å²) in [6, 6.07) is 5.38. The summed E-state index contributed by atoms with van der Waals surface area (Å²) >= 11 is 0. The normalized spacial score (nSPS) is 10.4. The maximum atomic E-state index is 9.55. The molecule has 0 spiro atoms. The number of phenolic OH excluding ortho intramolecular Hbond substituents is 1. The zero-order valence-electron chi connectivity index (χ0n) is 9.82. The van der Waals surface area contributed by atoms with E-state index in [0.717, 1.165) is 18.7 Å². The fraction of sp³-hybridized carbons (Fsp3) is 0.500. The van der Waals surface area contributed by atoms with Gasteiger partial charge in [-0.05, 0) is 24.6 Å². The molecule has 0 bridgehead atoms. The third kappa shape index (κ3) is 4.08. The van der Waals surface area contributed by atoms with Crippen LogP contribution in [0.1, 0.15) is 12.5 Å². The molecule has 0 radical (unpaired) electrons. The molecule has 0 amide bonds. The van der Waals surface area contributed by atoms with Gasteiger partial charge in [-0.3, -0.25) is 0 Å². The van der Waals surface area contributed by atoms with Crippen molar-refractivity contribution < 1.29 is 14.6 Å². The fourth-order valence-corrected chi connectivity index (χ4v) is 1.37. The first-order chi connectivity index (χ1) is 7.77. The fourth-order valence-electron chi connectivity index (χ4n) is 1.37. The molecule has 1 aromatic carbocycles. The third-order valence-electron chi connectivity index (χ3n) is 2.20. The highest BCUT2D eigenvalue weighted by molar-refractivity contribution is 5.41. The van der Waals surface area contributed by atoms with Gasteiger partial charge in [0.05, 0.1) is 13.7 Å². The largest absolute Gasteiger partial charge is 0.504 e. The lowest BCUT2D eigenvalue weighted by atomic mass is 10.2. The van der Waals surface area contributed by atoms with Gasteiger partial charge < -0.3 is 19.9 Å². The van der Waals surface area contributed by atoms with Crippen LogP contribution in [0.3, 0.4) is 0 Å². The van der Waals surface area contributed by atoms with Crippen LogP contribution in [0.2, 0.25) is 0 Å². The highest BCUT2D eigenvalue weighted by Crippen LogP contribution is 2.25. The van der Waals surface area contributed by atoms with E-state index in [0.29, 0.717) is 18.9 Å². The molecule has 1 aromatic rings. The number of benzene rings is 1. The summed E-state index contributed by atoms with van der Waals surface area (Å²) < 4.78 is 10.2.